The van der Waals surface area contributed by atoms with E-state index in [1.807, 2.05) is 55.8 Å². The minimum absolute atomic E-state index is 0.00109. The number of hydrogen-bond acceptors (Lipinski definition) is 15. The van der Waals surface area contributed by atoms with Gasteiger partial charge in [0, 0.05) is 70.9 Å². The van der Waals surface area contributed by atoms with Crippen LogP contribution in [0.3, 0.4) is 0 Å². The van der Waals surface area contributed by atoms with Crippen molar-refractivity contribution < 1.29 is 49.6 Å². The number of aliphatic hydroxyl groups is 4. The zero-order chi connectivity index (χ0) is 66.8. The second kappa shape index (κ2) is 30.1. The molecule has 3 fully saturated rings. The van der Waals surface area contributed by atoms with Crippen LogP contribution in [0, 0.1) is 41.4 Å². The first kappa shape index (κ1) is 69.0. The van der Waals surface area contributed by atoms with Crippen molar-refractivity contribution in [2.24, 2.45) is 41.4 Å². The van der Waals surface area contributed by atoms with Gasteiger partial charge in [-0.2, -0.15) is 0 Å². The number of aryl methyl sites for hydroxylation is 2. The van der Waals surface area contributed by atoms with Gasteiger partial charge in [0.15, 0.2) is 35.6 Å². The molecule has 3 saturated carbocycles. The lowest BCUT2D eigenvalue weighted by molar-refractivity contribution is -0.150. The third kappa shape index (κ3) is 13.3. The molecule has 13 rings (SSSR count). The second-order valence-electron chi connectivity index (χ2n) is 28.6. The maximum absolute atomic E-state index is 18.1. The second-order valence-corrected chi connectivity index (χ2v) is 33.8. The summed E-state index contributed by atoms with van der Waals surface area (Å²) in [6.07, 6.45) is 17.2. The molecule has 7 aromatic rings. The number of fused-ring (bicyclic) bond motifs is 8. The number of nitrogens with one attached hydrogen (secondary N) is 2. The van der Waals surface area contributed by atoms with Crippen LogP contribution in [-0.4, -0.2) is 105 Å². The minimum Gasteiger partial charge on any atom is -0.507 e. The van der Waals surface area contributed by atoms with Crippen molar-refractivity contribution in [1.82, 2.24) is 10.3 Å². The number of aliphatic hydroxyl groups excluding tert-OH is 4. The first-order chi connectivity index (χ1) is 46.7. The number of aromatic hydroxyl groups is 2. The number of rotatable bonds is 15. The van der Waals surface area contributed by atoms with Gasteiger partial charge in [-0.1, -0.05) is 162 Å². The number of H-pyrrole nitrogens is 1. The van der Waals surface area contributed by atoms with E-state index in [9.17, 15) is 30.6 Å². The molecule has 0 spiro atoms. The van der Waals surface area contributed by atoms with Gasteiger partial charge in [-0.3, -0.25) is 4.79 Å². The van der Waals surface area contributed by atoms with Gasteiger partial charge in [0.05, 0.1) is 42.1 Å². The average Bonchev–Trinajstić information content (AvgIpc) is 0.735. The van der Waals surface area contributed by atoms with Crippen molar-refractivity contribution in [3.63, 3.8) is 0 Å². The topological polar surface area (TPSA) is 194 Å². The number of benzene rings is 6. The number of ether oxygens (including phenoxy) is 3. The molecule has 16 heteroatoms. The molecule has 510 valence electrons. The molecule has 4 aliphatic carbocycles. The fourth-order valence-electron chi connectivity index (χ4n) is 18.1. The Kier molecular flexibility index (Phi) is 21.6. The maximum atomic E-state index is 18.1. The molecule has 96 heavy (non-hydrogen) atoms. The number of ketones is 1. The minimum atomic E-state index is -1.80. The number of carbonyl (C=O) groups is 1. The number of phenols is 2. The molecule has 0 unspecified atom stereocenters. The predicted molar refractivity (Wildman–Crippen MR) is 393 cm³/mol. The summed E-state index contributed by atoms with van der Waals surface area (Å²) in [6, 6.07) is 35.1. The number of carbonyl (C=O) groups excluding carboxylic acids is 1. The van der Waals surface area contributed by atoms with Crippen LogP contribution in [0.2, 0.25) is 0 Å². The summed E-state index contributed by atoms with van der Waals surface area (Å²) in [7, 11) is 10.2. The van der Waals surface area contributed by atoms with Crippen molar-refractivity contribution in [2.75, 3.05) is 44.8 Å². The zero-order valence-electron chi connectivity index (χ0n) is 56.1. The number of aromatic amines is 1. The monoisotopic (exact) mass is 1370 g/mol. The lowest BCUT2D eigenvalue weighted by atomic mass is 9.51. The van der Waals surface area contributed by atoms with Gasteiger partial charge in [0.2, 0.25) is 0 Å². The van der Waals surface area contributed by atoms with E-state index in [1.165, 1.54) is 11.1 Å². The Bertz CT molecular complexity index is 3920. The van der Waals surface area contributed by atoms with Crippen LogP contribution >= 0.6 is 43.2 Å². The maximum Gasteiger partial charge on any atom is 0.186 e. The summed E-state index contributed by atoms with van der Waals surface area (Å²) in [5.41, 5.74) is 8.85. The number of Topliss-reactive ketones (excluding diaryl/α,β-unsaturated/α-hetero) is 1. The SMILES string of the molecule is CCc1ccc2cccc3c2c1Cc1c(ccc(O)c1OC)C[C@@H](Cc1cc[nH]c1)[C@H](O)[C@@H]1C(=O)[C@](c2cc(O)c4c(c2)[C@@]2(NC)CCC[C@H](Cc5cccc(CCC(C)C)c5)[C@H]2C=C4)([C@H]2CSSC[C@H]4CCCC[C@@H]4Oc4cc2ccc4OCO)[C@H](O)C[C@H]1CSS[C@H]3CO. The quantitative estimate of drug-likeness (QED) is 0.0357. The molecule has 3 heterocycles. The Morgan fingerprint density at radius 1 is 0.812 bits per heavy atom. The number of aromatic nitrogens is 1. The number of phenolic OH excluding ortho intramolecular Hbond substituents is 2. The van der Waals surface area contributed by atoms with E-state index in [0.29, 0.717) is 65.1 Å². The molecule has 2 aliphatic heterocycles. The van der Waals surface area contributed by atoms with Crippen LogP contribution in [0.25, 0.3) is 16.8 Å². The molecule has 0 amide bonds. The first-order valence-corrected chi connectivity index (χ1v) is 40.0. The highest BCUT2D eigenvalue weighted by Gasteiger charge is 2.62. The normalized spacial score (nSPS) is 28.5. The van der Waals surface area contributed by atoms with Crippen LogP contribution in [0.4, 0.5) is 0 Å². The molecule has 13 atom stereocenters. The summed E-state index contributed by atoms with van der Waals surface area (Å²) >= 11 is 0. The van der Waals surface area contributed by atoms with E-state index in [0.717, 1.165) is 132 Å². The van der Waals surface area contributed by atoms with Gasteiger partial charge in [-0.05, 0) is 205 Å². The van der Waals surface area contributed by atoms with Crippen molar-refractivity contribution >= 4 is 65.8 Å². The van der Waals surface area contributed by atoms with Gasteiger partial charge in [0.25, 0.3) is 0 Å². The van der Waals surface area contributed by atoms with Gasteiger partial charge in [-0.15, -0.1) is 0 Å². The van der Waals surface area contributed by atoms with Crippen LogP contribution < -0.4 is 19.5 Å². The fourth-order valence-corrected chi connectivity index (χ4v) is 23.8. The van der Waals surface area contributed by atoms with Gasteiger partial charge in [0.1, 0.15) is 11.9 Å². The van der Waals surface area contributed by atoms with Crippen LogP contribution in [0.1, 0.15) is 156 Å². The highest BCUT2D eigenvalue weighted by atomic mass is 33.1. The molecule has 0 saturated heterocycles. The lowest BCUT2D eigenvalue weighted by Crippen LogP contribution is -2.63. The highest BCUT2D eigenvalue weighted by molar-refractivity contribution is 8.77. The van der Waals surface area contributed by atoms with Crippen molar-refractivity contribution in [3.8, 4) is 28.7 Å². The van der Waals surface area contributed by atoms with E-state index in [-0.39, 0.29) is 54.2 Å². The van der Waals surface area contributed by atoms with Crippen molar-refractivity contribution in [1.29, 1.82) is 0 Å². The van der Waals surface area contributed by atoms with Gasteiger partial charge in [-0.25, -0.2) is 0 Å². The molecule has 1 aromatic heterocycles. The van der Waals surface area contributed by atoms with E-state index in [4.69, 9.17) is 14.2 Å². The average molecular weight is 1370 g/mol. The van der Waals surface area contributed by atoms with Gasteiger partial charge >= 0.3 is 0 Å². The Morgan fingerprint density at radius 3 is 2.42 bits per heavy atom. The summed E-state index contributed by atoms with van der Waals surface area (Å²) in [5.74, 6) is 0.582. The molecule has 0 radical (unpaired) electrons. The number of hydrogen-bond donors (Lipinski definition) is 8. The first-order valence-electron chi connectivity index (χ1n) is 35.1. The van der Waals surface area contributed by atoms with E-state index >= 15 is 4.79 Å². The van der Waals surface area contributed by atoms with E-state index in [1.54, 1.807) is 62.4 Å². The molecule has 8 N–H and O–H groups in total. The van der Waals surface area contributed by atoms with Crippen LogP contribution in [0.5, 0.6) is 28.7 Å². The molecule has 2 bridgehead atoms. The summed E-state index contributed by atoms with van der Waals surface area (Å²) in [4.78, 5) is 21.4. The number of methoxy groups -OCH3 is 1. The Labute approximate surface area is 582 Å². The molecule has 12 nitrogen and oxygen atoms in total. The Morgan fingerprint density at radius 2 is 1.62 bits per heavy atom. The largest absolute Gasteiger partial charge is 0.507 e. The third-order valence-electron chi connectivity index (χ3n) is 22.9. The summed E-state index contributed by atoms with van der Waals surface area (Å²) < 4.78 is 19.3. The van der Waals surface area contributed by atoms with Crippen molar-refractivity contribution in [3.05, 3.63) is 188 Å². The smallest absolute Gasteiger partial charge is 0.186 e. The van der Waals surface area contributed by atoms with E-state index < -0.39 is 58.9 Å². The van der Waals surface area contributed by atoms with Gasteiger partial charge < -0.3 is 55.2 Å². The summed E-state index contributed by atoms with van der Waals surface area (Å²) in [5, 5.41) is 81.1. The highest BCUT2D eigenvalue weighted by Crippen LogP contribution is 2.60. The molecule has 6 aliphatic rings. The van der Waals surface area contributed by atoms with Crippen LogP contribution in [-0.2, 0) is 54.3 Å². The molecule has 6 aromatic carbocycles. The lowest BCUT2D eigenvalue weighted by Gasteiger charge is -2.54. The zero-order valence-corrected chi connectivity index (χ0v) is 59.4. The predicted octanol–water partition coefficient (Wildman–Crippen LogP) is 15.6. The third-order valence-corrected chi connectivity index (χ3v) is 28.3. The fraction of sp³-hybridized carbons (Fsp3) is 0.487. The Hall–Kier alpha value is -5.53. The standard InChI is InChI=1S/C80H96N2O10S4/c1-6-51-21-22-52-15-10-17-61-72(42-83)96-95-44-58-37-73(87)80(66-45-94-93-43-56-14-7-8-18-69(56)92-71-36-55(66)24-28-70(71)91-46-84,78(89)75(58)76(88)57(34-50-29-31-82-41-50)35-53-23-27-67(85)77(90-5)63(53)40-62(51)74(52)61)59-38-65-60(68(86)39-59)25-26-64-54(16-11-30-79(64,65)81-4)33-49-13-9-12-48(32-49)20-19-47(2)3/h9-10,12-13,15,17,21-29,31-32,36,38-39,41,47,54,56-58,64,66,69,72-73,75-76,81-88H,6-8,11,14,16,18-20,30,33-35,37,40,42-46H2,1-5H3/t54-,56-,57-,58+,64-,66+,69+,72+,73-,75-,76+,79-,80-/m1/s1. The Balaban J connectivity index is 1.01. The molecular formula is C80H96N2O10S4. The van der Waals surface area contributed by atoms with E-state index in [2.05, 4.69) is 97.8 Å². The van der Waals surface area contributed by atoms with Crippen molar-refractivity contribution in [2.45, 2.75) is 158 Å². The molecular weight excluding hydrogens is 1280 g/mol. The van der Waals surface area contributed by atoms with Crippen LogP contribution in [0.15, 0.2) is 122 Å². The summed E-state index contributed by atoms with van der Waals surface area (Å²) in [6.45, 7) is 5.97.